The lowest BCUT2D eigenvalue weighted by molar-refractivity contribution is -0.147. The summed E-state index contributed by atoms with van der Waals surface area (Å²) in [6.07, 6.45) is -0.550. The Bertz CT molecular complexity index is 1360. The van der Waals surface area contributed by atoms with Gasteiger partial charge in [-0.3, -0.25) is 9.59 Å². The summed E-state index contributed by atoms with van der Waals surface area (Å²) in [6.45, 7) is 3.56. The molecule has 0 amide bonds. The van der Waals surface area contributed by atoms with E-state index in [2.05, 4.69) is 5.16 Å². The van der Waals surface area contributed by atoms with E-state index in [4.69, 9.17) is 20.9 Å². The van der Waals surface area contributed by atoms with Crippen LogP contribution in [-0.4, -0.2) is 22.2 Å². The van der Waals surface area contributed by atoms with Crippen LogP contribution >= 0.6 is 11.6 Å². The number of aliphatic carboxylic acids is 1. The molecule has 0 spiro atoms. The maximum atomic E-state index is 12.7. The lowest BCUT2D eigenvalue weighted by Crippen LogP contribution is -2.12. The standard InChI is InChI=1S/C28H24ClNO5/c1-17-24(16-27(33)34-18(2)22-8-5-6-10-25(22)29)28(35-30-17)20-13-11-19(12-14-20)23-9-4-3-7-21(23)15-26(31)32/h3-14,18H,15-16H2,1-2H3,(H,31,32). The van der Waals surface area contributed by atoms with E-state index in [0.717, 1.165) is 27.8 Å². The quantitative estimate of drug-likeness (QED) is 0.286. The van der Waals surface area contributed by atoms with Crippen LogP contribution in [0.4, 0.5) is 0 Å². The summed E-state index contributed by atoms with van der Waals surface area (Å²) in [5, 5.41) is 13.8. The molecule has 0 fully saturated rings. The number of ether oxygens (including phenoxy) is 1. The predicted molar refractivity (Wildman–Crippen MR) is 133 cm³/mol. The number of carbonyl (C=O) groups excluding carboxylic acids is 1. The van der Waals surface area contributed by atoms with Crippen LogP contribution < -0.4 is 0 Å². The minimum absolute atomic E-state index is 0.00263. The summed E-state index contributed by atoms with van der Waals surface area (Å²) in [7, 11) is 0. The molecule has 4 aromatic rings. The van der Waals surface area contributed by atoms with Gasteiger partial charge in [-0.25, -0.2) is 0 Å². The molecule has 1 unspecified atom stereocenters. The van der Waals surface area contributed by atoms with Crippen LogP contribution in [-0.2, 0) is 27.2 Å². The molecule has 0 saturated heterocycles. The molecule has 178 valence electrons. The van der Waals surface area contributed by atoms with Gasteiger partial charge in [0, 0.05) is 21.7 Å². The zero-order chi connectivity index (χ0) is 24.9. The van der Waals surface area contributed by atoms with Crippen molar-refractivity contribution in [3.63, 3.8) is 0 Å². The Morgan fingerprint density at radius 2 is 1.63 bits per heavy atom. The van der Waals surface area contributed by atoms with Gasteiger partial charge in [0.05, 0.1) is 18.5 Å². The van der Waals surface area contributed by atoms with E-state index in [9.17, 15) is 14.7 Å². The van der Waals surface area contributed by atoms with Crippen LogP contribution in [0.3, 0.4) is 0 Å². The predicted octanol–water partition coefficient (Wildman–Crippen LogP) is 6.44. The van der Waals surface area contributed by atoms with Gasteiger partial charge in [0.2, 0.25) is 0 Å². The molecule has 3 aromatic carbocycles. The van der Waals surface area contributed by atoms with E-state index in [0.29, 0.717) is 22.0 Å². The van der Waals surface area contributed by atoms with Crippen LogP contribution in [0.25, 0.3) is 22.5 Å². The van der Waals surface area contributed by atoms with Crippen LogP contribution in [0.5, 0.6) is 0 Å². The van der Waals surface area contributed by atoms with E-state index in [-0.39, 0.29) is 12.8 Å². The molecule has 1 aromatic heterocycles. The van der Waals surface area contributed by atoms with Crippen molar-refractivity contribution in [3.05, 3.63) is 100 Å². The lowest BCUT2D eigenvalue weighted by Gasteiger charge is -2.15. The Morgan fingerprint density at radius 3 is 2.34 bits per heavy atom. The highest BCUT2D eigenvalue weighted by Gasteiger charge is 2.21. The molecule has 0 saturated carbocycles. The van der Waals surface area contributed by atoms with Gasteiger partial charge in [0.1, 0.15) is 6.10 Å². The normalized spacial score (nSPS) is 11.7. The monoisotopic (exact) mass is 489 g/mol. The minimum Gasteiger partial charge on any atom is -0.481 e. The summed E-state index contributed by atoms with van der Waals surface area (Å²) in [5.74, 6) is -0.800. The number of esters is 1. The highest BCUT2D eigenvalue weighted by molar-refractivity contribution is 6.31. The number of benzene rings is 3. The van der Waals surface area contributed by atoms with Crippen molar-refractivity contribution in [3.8, 4) is 22.5 Å². The first-order chi connectivity index (χ1) is 16.8. The molecule has 1 atom stereocenters. The molecule has 0 bridgehead atoms. The van der Waals surface area contributed by atoms with Gasteiger partial charge in [0.25, 0.3) is 0 Å². The second-order valence-corrected chi connectivity index (χ2v) is 8.62. The second kappa shape index (κ2) is 10.6. The zero-order valence-corrected chi connectivity index (χ0v) is 20.1. The molecule has 0 radical (unpaired) electrons. The fourth-order valence-electron chi connectivity index (χ4n) is 4.00. The molecular weight excluding hydrogens is 466 g/mol. The first kappa shape index (κ1) is 24.2. The zero-order valence-electron chi connectivity index (χ0n) is 19.3. The minimum atomic E-state index is -0.883. The van der Waals surface area contributed by atoms with Crippen molar-refractivity contribution in [1.82, 2.24) is 5.16 Å². The van der Waals surface area contributed by atoms with Gasteiger partial charge in [-0.15, -0.1) is 0 Å². The van der Waals surface area contributed by atoms with E-state index < -0.39 is 18.0 Å². The summed E-state index contributed by atoms with van der Waals surface area (Å²) >= 11 is 6.22. The SMILES string of the molecule is Cc1noc(-c2ccc(-c3ccccc3CC(=O)O)cc2)c1CC(=O)OC(C)c1ccccc1Cl. The van der Waals surface area contributed by atoms with Crippen LogP contribution in [0.2, 0.25) is 5.02 Å². The number of aryl methyl sites for hydroxylation is 1. The van der Waals surface area contributed by atoms with E-state index in [1.807, 2.05) is 66.7 Å². The van der Waals surface area contributed by atoms with Crippen molar-refractivity contribution in [1.29, 1.82) is 0 Å². The van der Waals surface area contributed by atoms with Gasteiger partial charge < -0.3 is 14.4 Å². The summed E-state index contributed by atoms with van der Waals surface area (Å²) in [6, 6.07) is 22.2. The number of halogens is 1. The number of carboxylic acid groups (broad SMARTS) is 1. The van der Waals surface area contributed by atoms with Gasteiger partial charge >= 0.3 is 11.9 Å². The van der Waals surface area contributed by atoms with E-state index in [1.165, 1.54) is 0 Å². The van der Waals surface area contributed by atoms with Crippen LogP contribution in [0.1, 0.15) is 35.4 Å². The molecule has 0 aliphatic carbocycles. The third kappa shape index (κ3) is 5.61. The number of nitrogens with zero attached hydrogens (tertiary/aromatic N) is 1. The highest BCUT2D eigenvalue weighted by atomic mass is 35.5. The van der Waals surface area contributed by atoms with Crippen molar-refractivity contribution in [2.24, 2.45) is 0 Å². The second-order valence-electron chi connectivity index (χ2n) is 8.21. The number of aromatic nitrogens is 1. The molecule has 1 N–H and O–H groups in total. The molecule has 7 heteroatoms. The van der Waals surface area contributed by atoms with Crippen molar-refractivity contribution >= 4 is 23.5 Å². The van der Waals surface area contributed by atoms with Gasteiger partial charge in [0.15, 0.2) is 5.76 Å². The molecule has 4 rings (SSSR count). The molecule has 0 aliphatic rings. The maximum Gasteiger partial charge on any atom is 0.311 e. The van der Waals surface area contributed by atoms with Crippen molar-refractivity contribution in [2.45, 2.75) is 32.8 Å². The third-order valence-electron chi connectivity index (χ3n) is 5.77. The third-order valence-corrected chi connectivity index (χ3v) is 6.12. The van der Waals surface area contributed by atoms with Crippen LogP contribution in [0, 0.1) is 6.92 Å². The molecule has 1 heterocycles. The molecule has 6 nitrogen and oxygen atoms in total. The lowest BCUT2D eigenvalue weighted by atomic mass is 9.96. The fourth-order valence-corrected chi connectivity index (χ4v) is 4.28. The summed E-state index contributed by atoms with van der Waals surface area (Å²) < 4.78 is 11.2. The highest BCUT2D eigenvalue weighted by Crippen LogP contribution is 2.31. The Morgan fingerprint density at radius 1 is 0.971 bits per heavy atom. The number of hydrogen-bond acceptors (Lipinski definition) is 5. The molecule has 0 aliphatic heterocycles. The summed E-state index contributed by atoms with van der Waals surface area (Å²) in [5.41, 5.74) is 5.23. The Labute approximate surface area is 208 Å². The number of carboxylic acids is 1. The smallest absolute Gasteiger partial charge is 0.311 e. The Balaban J connectivity index is 1.53. The molecular formula is C28H24ClNO5. The first-order valence-corrected chi connectivity index (χ1v) is 11.5. The van der Waals surface area contributed by atoms with E-state index in [1.54, 1.807) is 19.9 Å². The fraction of sp³-hybridized carbons (Fsp3) is 0.179. The van der Waals surface area contributed by atoms with Gasteiger partial charge in [-0.05, 0) is 36.6 Å². The number of rotatable bonds is 8. The van der Waals surface area contributed by atoms with Gasteiger partial charge in [-0.1, -0.05) is 83.5 Å². The van der Waals surface area contributed by atoms with Crippen LogP contribution in [0.15, 0.2) is 77.3 Å². The van der Waals surface area contributed by atoms with Crippen molar-refractivity contribution in [2.75, 3.05) is 0 Å². The van der Waals surface area contributed by atoms with E-state index >= 15 is 0 Å². The number of carbonyl (C=O) groups is 2. The Kier molecular flexibility index (Phi) is 7.32. The summed E-state index contributed by atoms with van der Waals surface area (Å²) in [4.78, 5) is 23.9. The topological polar surface area (TPSA) is 89.6 Å². The molecule has 35 heavy (non-hydrogen) atoms. The Hall–Kier alpha value is -3.90. The van der Waals surface area contributed by atoms with Gasteiger partial charge in [-0.2, -0.15) is 0 Å². The largest absolute Gasteiger partial charge is 0.481 e. The first-order valence-electron chi connectivity index (χ1n) is 11.1. The average molecular weight is 490 g/mol. The average Bonchev–Trinajstić information content (AvgIpc) is 3.19. The van der Waals surface area contributed by atoms with Crippen molar-refractivity contribution < 1.29 is 24.0 Å². The number of hydrogen-bond donors (Lipinski definition) is 1. The maximum absolute atomic E-state index is 12.7.